The van der Waals surface area contributed by atoms with Gasteiger partial charge in [0, 0.05) is 55.9 Å². The Balaban J connectivity index is 0.000000883. The molecule has 0 unspecified atom stereocenters. The van der Waals surface area contributed by atoms with E-state index in [0.29, 0.717) is 5.92 Å². The fourth-order valence-electron chi connectivity index (χ4n) is 3.11. The van der Waals surface area contributed by atoms with Crippen LogP contribution in [0.25, 0.3) is 10.2 Å². The molecule has 0 aliphatic carbocycles. The molecule has 5 heteroatoms. The van der Waals surface area contributed by atoms with Crippen molar-refractivity contribution in [2.45, 2.75) is 32.6 Å². The topological polar surface area (TPSA) is 33.2 Å². The molecule has 2 aromatic carbocycles. The summed E-state index contributed by atoms with van der Waals surface area (Å²) in [7, 11) is 0. The van der Waals surface area contributed by atoms with Gasteiger partial charge in [-0.05, 0) is 25.0 Å². The fraction of sp³-hybridized carbons (Fsp3) is 0.318. The predicted molar refractivity (Wildman–Crippen MR) is 111 cm³/mol. The summed E-state index contributed by atoms with van der Waals surface area (Å²) in [6, 6.07) is 18.5. The van der Waals surface area contributed by atoms with Crippen molar-refractivity contribution in [3.8, 4) is 0 Å². The zero-order valence-electron chi connectivity index (χ0n) is 16.0. The third-order valence-corrected chi connectivity index (χ3v) is 5.61. The van der Waals surface area contributed by atoms with Gasteiger partial charge < -0.3 is 12.3 Å². The molecule has 0 bridgehead atoms. The summed E-state index contributed by atoms with van der Waals surface area (Å²) in [5.41, 5.74) is 1.84. The molecule has 3 aromatic rings. The quantitative estimate of drug-likeness (QED) is 0.397. The number of nitrogens with zero attached hydrogens (tertiary/aromatic N) is 2. The Labute approximate surface area is 196 Å². The van der Waals surface area contributed by atoms with E-state index in [1.54, 1.807) is 23.5 Å². The van der Waals surface area contributed by atoms with Crippen molar-refractivity contribution in [3.05, 3.63) is 72.6 Å². The normalized spacial score (nSPS) is 13.8. The molecule has 3 nitrogen and oxygen atoms in total. The minimum absolute atomic E-state index is 0. The first-order chi connectivity index (χ1) is 12.3. The standard InChI is InChI=1S/C19H17N2OS.C2H6.CH3.Lu/c22-19(15-6-2-1-3-7-15)21-12-10-14(11-13-21)18-20-16-8-4-5-9-17(16)23-18;1-2;;/h2-9,14H,10-13H2;1-2H3;1H3;/q-1;;-1;. The van der Waals surface area contributed by atoms with Crippen molar-refractivity contribution >= 4 is 27.5 Å². The summed E-state index contributed by atoms with van der Waals surface area (Å²) >= 11 is 1.79. The Hall–Kier alpha value is -0.966. The summed E-state index contributed by atoms with van der Waals surface area (Å²) in [5.74, 6) is 0.599. The summed E-state index contributed by atoms with van der Waals surface area (Å²) in [6.45, 7) is 5.61. The maximum atomic E-state index is 12.5. The molecule has 1 aliphatic rings. The molecule has 0 saturated carbocycles. The number of fused-ring (bicyclic) bond motifs is 1. The van der Waals surface area contributed by atoms with Crippen LogP contribution in [-0.4, -0.2) is 28.9 Å². The number of likely N-dealkylation sites (tertiary alicyclic amines) is 1. The molecule has 2 heterocycles. The van der Waals surface area contributed by atoms with Crippen LogP contribution in [-0.2, 0) is 0 Å². The molecule has 27 heavy (non-hydrogen) atoms. The van der Waals surface area contributed by atoms with E-state index in [0.717, 1.165) is 37.0 Å². The second-order valence-electron chi connectivity index (χ2n) is 5.87. The maximum absolute atomic E-state index is 12.5. The van der Waals surface area contributed by atoms with Crippen molar-refractivity contribution in [1.29, 1.82) is 0 Å². The van der Waals surface area contributed by atoms with Crippen LogP contribution < -0.4 is 0 Å². The van der Waals surface area contributed by atoms with Gasteiger partial charge in [0.15, 0.2) is 0 Å². The number of piperidine rings is 1. The number of thiazole rings is 1. The van der Waals surface area contributed by atoms with Gasteiger partial charge in [0.1, 0.15) is 0 Å². The molecule has 153 valence electrons. The number of carbonyl (C=O) groups is 1. The summed E-state index contributed by atoms with van der Waals surface area (Å²) in [5, 5.41) is 1.22. The van der Waals surface area contributed by atoms with Gasteiger partial charge >= 0.3 is 0 Å². The van der Waals surface area contributed by atoms with Gasteiger partial charge in [-0.2, -0.15) is 30.3 Å². The van der Waals surface area contributed by atoms with Crippen LogP contribution >= 0.6 is 11.3 Å². The minimum Gasteiger partial charge on any atom is -0.358 e. The zero-order chi connectivity index (χ0) is 17.6. The van der Waals surface area contributed by atoms with Crippen molar-refractivity contribution in [2.75, 3.05) is 13.1 Å². The largest absolute Gasteiger partial charge is 0.358 e. The minimum atomic E-state index is 0. The molecular weight excluding hydrogens is 515 g/mol. The number of carbonyl (C=O) groups excluding carboxylic acids is 1. The van der Waals surface area contributed by atoms with Gasteiger partial charge in [0.25, 0.3) is 0 Å². The summed E-state index contributed by atoms with van der Waals surface area (Å²) < 4.78 is 1.25. The molecule has 1 aliphatic heterocycles. The van der Waals surface area contributed by atoms with Crippen LogP contribution in [0.3, 0.4) is 0 Å². The molecule has 4 rings (SSSR count). The maximum Gasteiger partial charge on any atom is 0.229 e. The fourth-order valence-corrected chi connectivity index (χ4v) is 4.24. The first-order valence-corrected chi connectivity index (χ1v) is 9.74. The number of hydrogen-bond acceptors (Lipinski definition) is 3. The number of para-hydroxylation sites is 1. The van der Waals surface area contributed by atoms with Crippen molar-refractivity contribution < 1.29 is 41.7 Å². The van der Waals surface area contributed by atoms with Crippen LogP contribution in [0.15, 0.2) is 48.5 Å². The molecule has 1 fully saturated rings. The zero-order valence-corrected chi connectivity index (χ0v) is 18.5. The smallest absolute Gasteiger partial charge is 0.229 e. The van der Waals surface area contributed by atoms with Gasteiger partial charge in [-0.3, -0.25) is 4.79 Å². The number of amides is 1. The van der Waals surface area contributed by atoms with E-state index in [1.807, 2.05) is 36.9 Å². The number of rotatable bonds is 2. The van der Waals surface area contributed by atoms with E-state index >= 15 is 0 Å². The Morgan fingerprint density at radius 2 is 1.74 bits per heavy atom. The Morgan fingerprint density at radius 1 is 1.11 bits per heavy atom. The molecule has 1 saturated heterocycles. The average molecular weight is 541 g/mol. The Bertz CT molecular complexity index is 793. The number of aromatic nitrogens is 1. The second-order valence-corrected chi connectivity index (χ2v) is 6.94. The van der Waals surface area contributed by atoms with Gasteiger partial charge in [-0.15, -0.1) is 11.3 Å². The van der Waals surface area contributed by atoms with E-state index in [2.05, 4.69) is 24.3 Å². The van der Waals surface area contributed by atoms with E-state index in [1.165, 1.54) is 9.71 Å². The Kier molecular flexibility index (Phi) is 10.5. The Morgan fingerprint density at radius 3 is 2.37 bits per heavy atom. The van der Waals surface area contributed by atoms with Gasteiger partial charge in [-0.1, -0.05) is 31.5 Å². The van der Waals surface area contributed by atoms with E-state index in [4.69, 9.17) is 4.98 Å². The third kappa shape index (κ3) is 5.76. The van der Waals surface area contributed by atoms with Gasteiger partial charge in [0.05, 0.1) is 15.2 Å². The van der Waals surface area contributed by atoms with Crippen LogP contribution in [0.5, 0.6) is 0 Å². The van der Waals surface area contributed by atoms with Crippen LogP contribution in [0.4, 0.5) is 0 Å². The monoisotopic (exact) mass is 541 g/mol. The first-order valence-electron chi connectivity index (χ1n) is 8.92. The van der Waals surface area contributed by atoms with Crippen LogP contribution in [0.1, 0.15) is 48.0 Å². The summed E-state index contributed by atoms with van der Waals surface area (Å²) in [6.07, 6.45) is 1.98. The molecule has 0 atom stereocenters. The van der Waals surface area contributed by atoms with Crippen LogP contribution in [0, 0.1) is 50.4 Å². The summed E-state index contributed by atoms with van der Waals surface area (Å²) in [4.78, 5) is 19.2. The first kappa shape index (κ1) is 24.1. The van der Waals surface area contributed by atoms with E-state index < -0.39 is 0 Å². The SMILES string of the molecule is CC.O=C(c1cc[c-]cc1)N1CCC(c2nc3ccccc3s2)CC1.[CH3-].[Lu]. The van der Waals surface area contributed by atoms with Crippen molar-refractivity contribution in [3.63, 3.8) is 0 Å². The second kappa shape index (κ2) is 11.8. The average Bonchev–Trinajstić information content (AvgIpc) is 3.14. The predicted octanol–water partition coefficient (Wildman–Crippen LogP) is 5.59. The molecule has 1 radical (unpaired) electrons. The van der Waals surface area contributed by atoms with Gasteiger partial charge in [0.2, 0.25) is 5.91 Å². The van der Waals surface area contributed by atoms with Gasteiger partial charge in [-0.25, -0.2) is 4.98 Å². The molecular formula is C22H26LuN2OS-2. The molecule has 0 spiro atoms. The van der Waals surface area contributed by atoms with E-state index in [9.17, 15) is 4.79 Å². The van der Waals surface area contributed by atoms with Crippen molar-refractivity contribution in [2.24, 2.45) is 0 Å². The van der Waals surface area contributed by atoms with E-state index in [-0.39, 0.29) is 50.2 Å². The third-order valence-electron chi connectivity index (χ3n) is 4.41. The molecule has 1 amide bonds. The number of hydrogen-bond donors (Lipinski definition) is 0. The van der Waals surface area contributed by atoms with Crippen molar-refractivity contribution in [1.82, 2.24) is 9.88 Å². The number of benzene rings is 2. The molecule has 1 aromatic heterocycles. The van der Waals surface area contributed by atoms with Crippen LogP contribution in [0.2, 0.25) is 0 Å². The molecule has 0 N–H and O–H groups in total.